The van der Waals surface area contributed by atoms with Crippen molar-refractivity contribution in [2.75, 3.05) is 6.54 Å². The Morgan fingerprint density at radius 3 is 2.33 bits per heavy atom. The largest absolute Gasteiger partial charge is 0.333 e. The molecule has 1 saturated heterocycles. The zero-order valence-electron chi connectivity index (χ0n) is 16.1. The van der Waals surface area contributed by atoms with Gasteiger partial charge in [-0.25, -0.2) is 9.59 Å². The fourth-order valence-corrected chi connectivity index (χ4v) is 3.06. The fourth-order valence-electron chi connectivity index (χ4n) is 3.06. The highest BCUT2D eigenvalue weighted by Gasteiger charge is 2.52. The molecule has 8 heteroatoms. The van der Waals surface area contributed by atoms with E-state index in [9.17, 15) is 19.2 Å². The standard InChI is InChI=1S/C19H26N4O4/c1-5-11-19(13-9-7-6-8-10-13)15(25)23(17(27)22-19)12-14(24)20-16(26)21-18(2,3)4/h6-10H,5,11-12H2,1-4H3,(H,22,27)(H2,20,21,24,26)/t19-/m1/s1. The second-order valence-corrected chi connectivity index (χ2v) is 7.60. The molecule has 6 amide bonds. The van der Waals surface area contributed by atoms with Crippen LogP contribution < -0.4 is 16.0 Å². The van der Waals surface area contributed by atoms with Crippen molar-refractivity contribution in [3.8, 4) is 0 Å². The van der Waals surface area contributed by atoms with Crippen molar-refractivity contribution in [1.82, 2.24) is 20.9 Å². The van der Waals surface area contributed by atoms with Gasteiger partial charge in [-0.15, -0.1) is 0 Å². The smallest absolute Gasteiger partial charge is 0.325 e. The maximum absolute atomic E-state index is 13.0. The lowest BCUT2D eigenvalue weighted by atomic mass is 9.85. The minimum absolute atomic E-state index is 0.407. The molecule has 8 nitrogen and oxygen atoms in total. The van der Waals surface area contributed by atoms with Crippen LogP contribution in [0.3, 0.4) is 0 Å². The number of carbonyl (C=O) groups excluding carboxylic acids is 4. The van der Waals surface area contributed by atoms with Gasteiger partial charge in [-0.3, -0.25) is 19.8 Å². The Hall–Kier alpha value is -2.90. The van der Waals surface area contributed by atoms with Crippen LogP contribution in [0.15, 0.2) is 30.3 Å². The molecule has 1 aliphatic heterocycles. The minimum atomic E-state index is -1.19. The Labute approximate surface area is 158 Å². The molecular formula is C19H26N4O4. The van der Waals surface area contributed by atoms with Gasteiger partial charge in [0.1, 0.15) is 12.1 Å². The molecule has 0 aliphatic carbocycles. The van der Waals surface area contributed by atoms with Crippen LogP contribution in [-0.2, 0) is 15.1 Å². The molecule has 1 aromatic rings. The van der Waals surface area contributed by atoms with E-state index < -0.39 is 41.5 Å². The summed E-state index contributed by atoms with van der Waals surface area (Å²) in [6.45, 7) is 6.70. The monoisotopic (exact) mass is 374 g/mol. The third kappa shape index (κ3) is 4.64. The first-order chi connectivity index (χ1) is 12.6. The van der Waals surface area contributed by atoms with E-state index >= 15 is 0 Å². The van der Waals surface area contributed by atoms with E-state index in [-0.39, 0.29) is 0 Å². The molecule has 27 heavy (non-hydrogen) atoms. The van der Waals surface area contributed by atoms with Crippen LogP contribution in [0.5, 0.6) is 0 Å². The summed E-state index contributed by atoms with van der Waals surface area (Å²) in [4.78, 5) is 50.3. The number of carbonyl (C=O) groups is 4. The van der Waals surface area contributed by atoms with Crippen molar-refractivity contribution in [1.29, 1.82) is 0 Å². The number of hydrogen-bond acceptors (Lipinski definition) is 4. The van der Waals surface area contributed by atoms with Gasteiger partial charge < -0.3 is 10.6 Å². The predicted molar refractivity (Wildman–Crippen MR) is 99.7 cm³/mol. The van der Waals surface area contributed by atoms with E-state index in [1.807, 2.05) is 13.0 Å². The maximum atomic E-state index is 13.0. The zero-order valence-corrected chi connectivity index (χ0v) is 16.1. The molecule has 1 heterocycles. The molecule has 0 aromatic heterocycles. The summed E-state index contributed by atoms with van der Waals surface area (Å²) in [6, 6.07) is 7.62. The molecule has 0 bridgehead atoms. The molecule has 0 radical (unpaired) electrons. The van der Waals surface area contributed by atoms with Gasteiger partial charge in [-0.2, -0.15) is 0 Å². The van der Waals surface area contributed by atoms with Gasteiger partial charge in [0.25, 0.3) is 5.91 Å². The Bertz CT molecular complexity index is 742. The minimum Gasteiger partial charge on any atom is -0.333 e. The summed E-state index contributed by atoms with van der Waals surface area (Å²) < 4.78 is 0. The summed E-state index contributed by atoms with van der Waals surface area (Å²) >= 11 is 0. The van der Waals surface area contributed by atoms with Crippen molar-refractivity contribution in [2.45, 2.75) is 51.6 Å². The Morgan fingerprint density at radius 2 is 1.78 bits per heavy atom. The lowest BCUT2D eigenvalue weighted by Gasteiger charge is -2.26. The first kappa shape index (κ1) is 20.4. The maximum Gasteiger partial charge on any atom is 0.325 e. The van der Waals surface area contributed by atoms with Crippen LogP contribution in [0.1, 0.15) is 46.1 Å². The van der Waals surface area contributed by atoms with E-state index in [0.717, 1.165) is 4.90 Å². The Balaban J connectivity index is 2.15. The van der Waals surface area contributed by atoms with Crippen molar-refractivity contribution >= 4 is 23.9 Å². The van der Waals surface area contributed by atoms with Gasteiger partial charge in [-0.1, -0.05) is 43.7 Å². The molecule has 0 spiro atoms. The summed E-state index contributed by atoms with van der Waals surface area (Å²) in [7, 11) is 0. The average molecular weight is 374 g/mol. The van der Waals surface area contributed by atoms with Crippen LogP contribution in [0.2, 0.25) is 0 Å². The molecule has 1 atom stereocenters. The number of nitrogens with one attached hydrogen (secondary N) is 3. The number of amides is 6. The van der Waals surface area contributed by atoms with Crippen molar-refractivity contribution in [2.24, 2.45) is 0 Å². The molecule has 3 N–H and O–H groups in total. The third-order valence-electron chi connectivity index (χ3n) is 4.11. The summed E-state index contributed by atoms with van der Waals surface area (Å²) in [5.74, 6) is -1.23. The topological polar surface area (TPSA) is 108 Å². The van der Waals surface area contributed by atoms with E-state index in [2.05, 4.69) is 16.0 Å². The van der Waals surface area contributed by atoms with Crippen LogP contribution in [0.25, 0.3) is 0 Å². The summed E-state index contributed by atoms with van der Waals surface area (Å²) in [6.07, 6.45) is 1.07. The highest BCUT2D eigenvalue weighted by Crippen LogP contribution is 2.33. The fraction of sp³-hybridized carbons (Fsp3) is 0.474. The highest BCUT2D eigenvalue weighted by atomic mass is 16.2. The Kier molecular flexibility index (Phi) is 5.88. The van der Waals surface area contributed by atoms with E-state index in [1.54, 1.807) is 45.0 Å². The number of imide groups is 2. The first-order valence-electron chi connectivity index (χ1n) is 8.90. The van der Waals surface area contributed by atoms with Crippen molar-refractivity contribution in [3.63, 3.8) is 0 Å². The highest BCUT2D eigenvalue weighted by molar-refractivity contribution is 6.10. The molecule has 0 saturated carbocycles. The molecule has 146 valence electrons. The number of benzene rings is 1. The summed E-state index contributed by atoms with van der Waals surface area (Å²) in [5.41, 5.74) is -1.05. The van der Waals surface area contributed by atoms with Crippen LogP contribution in [0.4, 0.5) is 9.59 Å². The van der Waals surface area contributed by atoms with Gasteiger partial charge in [0.05, 0.1) is 0 Å². The van der Waals surface area contributed by atoms with Crippen LogP contribution in [-0.4, -0.2) is 40.9 Å². The number of hydrogen-bond donors (Lipinski definition) is 3. The average Bonchev–Trinajstić information content (AvgIpc) is 2.79. The van der Waals surface area contributed by atoms with Crippen LogP contribution >= 0.6 is 0 Å². The number of rotatable bonds is 5. The summed E-state index contributed by atoms with van der Waals surface area (Å²) in [5, 5.41) is 7.46. The van der Waals surface area contributed by atoms with Crippen molar-refractivity contribution < 1.29 is 19.2 Å². The van der Waals surface area contributed by atoms with Gasteiger partial charge >= 0.3 is 12.1 Å². The molecule has 1 fully saturated rings. The number of urea groups is 2. The molecule has 1 aliphatic rings. The number of nitrogens with zero attached hydrogens (tertiary/aromatic N) is 1. The molecule has 2 rings (SSSR count). The predicted octanol–water partition coefficient (Wildman–Crippen LogP) is 1.86. The molecule has 1 aromatic carbocycles. The lowest BCUT2D eigenvalue weighted by molar-refractivity contribution is -0.135. The van der Waals surface area contributed by atoms with E-state index in [0.29, 0.717) is 18.4 Å². The zero-order chi connectivity index (χ0) is 20.2. The van der Waals surface area contributed by atoms with E-state index in [4.69, 9.17) is 0 Å². The lowest BCUT2D eigenvalue weighted by Crippen LogP contribution is -2.51. The quantitative estimate of drug-likeness (QED) is 0.684. The molecule has 0 unspecified atom stereocenters. The second-order valence-electron chi connectivity index (χ2n) is 7.60. The van der Waals surface area contributed by atoms with Crippen molar-refractivity contribution in [3.05, 3.63) is 35.9 Å². The van der Waals surface area contributed by atoms with Gasteiger partial charge in [0, 0.05) is 5.54 Å². The normalized spacial score (nSPS) is 19.6. The Morgan fingerprint density at radius 1 is 1.15 bits per heavy atom. The molecular weight excluding hydrogens is 348 g/mol. The second kappa shape index (κ2) is 7.77. The third-order valence-corrected chi connectivity index (χ3v) is 4.11. The van der Waals surface area contributed by atoms with E-state index in [1.165, 1.54) is 0 Å². The first-order valence-corrected chi connectivity index (χ1v) is 8.90. The van der Waals surface area contributed by atoms with Gasteiger partial charge in [0.15, 0.2) is 0 Å². The van der Waals surface area contributed by atoms with Gasteiger partial charge in [-0.05, 0) is 32.8 Å². The van der Waals surface area contributed by atoms with Crippen LogP contribution in [0, 0.1) is 0 Å². The SMILES string of the molecule is CCC[C@]1(c2ccccc2)NC(=O)N(CC(=O)NC(=O)NC(C)(C)C)C1=O. The van der Waals surface area contributed by atoms with Gasteiger partial charge in [0.2, 0.25) is 5.91 Å².